The van der Waals surface area contributed by atoms with Crippen LogP contribution in [0.15, 0.2) is 53.6 Å². The van der Waals surface area contributed by atoms with Crippen LogP contribution in [0.3, 0.4) is 0 Å². The average molecular weight is 322 g/mol. The fraction of sp³-hybridized carbons (Fsp3) is 0.0667. The first-order valence-electron chi connectivity index (χ1n) is 6.18. The molecule has 108 valence electrons. The van der Waals surface area contributed by atoms with Crippen molar-refractivity contribution >= 4 is 45.7 Å². The molecule has 0 aliphatic heterocycles. The molecule has 2 aromatic rings. The lowest BCUT2D eigenvalue weighted by Gasteiger charge is -2.06. The highest BCUT2D eigenvalue weighted by atomic mass is 35.5. The Morgan fingerprint density at radius 2 is 1.76 bits per heavy atom. The van der Waals surface area contributed by atoms with Crippen molar-refractivity contribution in [1.82, 2.24) is 0 Å². The number of nitrogens with one attached hydrogen (secondary N) is 2. The fourth-order valence-electron chi connectivity index (χ4n) is 1.53. The van der Waals surface area contributed by atoms with E-state index < -0.39 is 5.91 Å². The largest absolute Gasteiger partial charge is 0.318 e. The molecule has 2 N–H and O–H groups in total. The van der Waals surface area contributed by atoms with Gasteiger partial charge in [-0.1, -0.05) is 53.0 Å². The Morgan fingerprint density at radius 1 is 1.10 bits per heavy atom. The predicted molar refractivity (Wildman–Crippen MR) is 88.2 cm³/mol. The van der Waals surface area contributed by atoms with E-state index in [1.807, 2.05) is 31.2 Å². The van der Waals surface area contributed by atoms with Gasteiger partial charge in [0.2, 0.25) is 5.17 Å². The van der Waals surface area contributed by atoms with Crippen LogP contribution in [0.5, 0.6) is 0 Å². The molecule has 0 bridgehead atoms. The Hall–Kier alpha value is -2.04. The second kappa shape index (κ2) is 7.11. The second-order valence-electron chi connectivity index (χ2n) is 4.31. The van der Waals surface area contributed by atoms with Gasteiger partial charge in [0.15, 0.2) is 0 Å². The molecule has 0 heterocycles. The van der Waals surface area contributed by atoms with Crippen LogP contribution in [0.4, 0.5) is 11.4 Å². The molecule has 0 unspecified atom stereocenters. The number of nitrogens with zero attached hydrogens (tertiary/aromatic N) is 1. The molecule has 0 aliphatic carbocycles. The monoisotopic (exact) mass is 321 g/mol. The number of aryl methyl sites for hydroxylation is 1. The van der Waals surface area contributed by atoms with Crippen LogP contribution in [0.25, 0.3) is 0 Å². The summed E-state index contributed by atoms with van der Waals surface area (Å²) in [7, 11) is 0. The molecule has 6 heteroatoms. The summed E-state index contributed by atoms with van der Waals surface area (Å²) in [5, 5.41) is 6.63. The van der Waals surface area contributed by atoms with Crippen molar-refractivity contribution in [2.75, 3.05) is 10.7 Å². The number of para-hydroxylation sites is 1. The van der Waals surface area contributed by atoms with Gasteiger partial charge in [-0.2, -0.15) is 5.10 Å². The minimum absolute atomic E-state index is 0.213. The van der Waals surface area contributed by atoms with Crippen LogP contribution in [-0.2, 0) is 4.79 Å². The van der Waals surface area contributed by atoms with Gasteiger partial charge in [0.05, 0.1) is 16.4 Å². The van der Waals surface area contributed by atoms with E-state index in [1.165, 1.54) is 0 Å². The molecule has 2 aromatic carbocycles. The Balaban J connectivity index is 2.00. The van der Waals surface area contributed by atoms with Crippen LogP contribution < -0.4 is 10.7 Å². The predicted octanol–water partition coefficient (Wildman–Crippen LogP) is 4.25. The third-order valence-electron chi connectivity index (χ3n) is 2.64. The van der Waals surface area contributed by atoms with Gasteiger partial charge in [-0.25, -0.2) is 0 Å². The summed E-state index contributed by atoms with van der Waals surface area (Å²) in [6.45, 7) is 1.98. The SMILES string of the molecule is Cc1ccc(NN=C(Cl)C(=O)Nc2ccccc2Cl)cc1. The zero-order valence-electron chi connectivity index (χ0n) is 11.2. The smallest absolute Gasteiger partial charge is 0.287 e. The highest BCUT2D eigenvalue weighted by Gasteiger charge is 2.10. The Bertz CT molecular complexity index is 669. The summed E-state index contributed by atoms with van der Waals surface area (Å²) in [6, 6.07) is 14.4. The minimum Gasteiger partial charge on any atom is -0.318 e. The molecule has 4 nitrogen and oxygen atoms in total. The van der Waals surface area contributed by atoms with Crippen molar-refractivity contribution in [1.29, 1.82) is 0 Å². The van der Waals surface area contributed by atoms with Crippen molar-refractivity contribution in [3.63, 3.8) is 0 Å². The maximum atomic E-state index is 11.9. The van der Waals surface area contributed by atoms with E-state index in [0.717, 1.165) is 11.3 Å². The molecule has 21 heavy (non-hydrogen) atoms. The number of amides is 1. The summed E-state index contributed by atoms with van der Waals surface area (Å²) in [5.41, 5.74) is 5.07. The first-order chi connectivity index (χ1) is 10.1. The van der Waals surface area contributed by atoms with Gasteiger partial charge in [0.25, 0.3) is 5.91 Å². The number of rotatable bonds is 4. The van der Waals surface area contributed by atoms with E-state index in [2.05, 4.69) is 15.8 Å². The normalized spacial score (nSPS) is 11.1. The van der Waals surface area contributed by atoms with Gasteiger partial charge in [-0.15, -0.1) is 0 Å². The quantitative estimate of drug-likeness (QED) is 0.653. The van der Waals surface area contributed by atoms with E-state index in [9.17, 15) is 4.79 Å². The Kier molecular flexibility index (Phi) is 5.20. The number of hydrogen-bond donors (Lipinski definition) is 2. The highest BCUT2D eigenvalue weighted by Crippen LogP contribution is 2.20. The van der Waals surface area contributed by atoms with E-state index in [0.29, 0.717) is 10.7 Å². The van der Waals surface area contributed by atoms with Crippen molar-refractivity contribution < 1.29 is 4.79 Å². The van der Waals surface area contributed by atoms with Crippen LogP contribution in [0.1, 0.15) is 5.56 Å². The first-order valence-corrected chi connectivity index (χ1v) is 6.93. The number of hydrazone groups is 1. The Labute approximate surface area is 132 Å². The van der Waals surface area contributed by atoms with Crippen LogP contribution in [-0.4, -0.2) is 11.1 Å². The molecule has 0 aromatic heterocycles. The molecule has 2 rings (SSSR count). The first kappa shape index (κ1) is 15.4. The van der Waals surface area contributed by atoms with Crippen LogP contribution in [0, 0.1) is 6.92 Å². The zero-order chi connectivity index (χ0) is 15.2. The maximum Gasteiger partial charge on any atom is 0.287 e. The molecule has 0 aliphatic rings. The van der Waals surface area contributed by atoms with Gasteiger partial charge in [-0.05, 0) is 31.2 Å². The fourth-order valence-corrected chi connectivity index (χ4v) is 1.80. The lowest BCUT2D eigenvalue weighted by molar-refractivity contribution is -0.110. The third kappa shape index (κ3) is 4.48. The molecule has 0 spiro atoms. The molecular weight excluding hydrogens is 309 g/mol. The van der Waals surface area contributed by atoms with Gasteiger partial charge >= 0.3 is 0 Å². The summed E-state index contributed by atoms with van der Waals surface area (Å²) < 4.78 is 0. The number of anilines is 2. The molecule has 0 fully saturated rings. The van der Waals surface area contributed by atoms with Gasteiger partial charge in [0, 0.05) is 0 Å². The van der Waals surface area contributed by atoms with Gasteiger partial charge in [-0.3, -0.25) is 10.2 Å². The minimum atomic E-state index is -0.538. The summed E-state index contributed by atoms with van der Waals surface area (Å²) >= 11 is 11.8. The van der Waals surface area contributed by atoms with Crippen LogP contribution >= 0.6 is 23.2 Å². The van der Waals surface area contributed by atoms with Crippen molar-refractivity contribution in [2.45, 2.75) is 6.92 Å². The molecule has 0 radical (unpaired) electrons. The number of carbonyl (C=O) groups excluding carboxylic acids is 1. The number of halogens is 2. The van der Waals surface area contributed by atoms with Crippen molar-refractivity contribution in [2.24, 2.45) is 5.10 Å². The number of benzene rings is 2. The molecular formula is C15H13Cl2N3O. The van der Waals surface area contributed by atoms with E-state index in [-0.39, 0.29) is 5.17 Å². The maximum absolute atomic E-state index is 11.9. The molecule has 0 atom stereocenters. The second-order valence-corrected chi connectivity index (χ2v) is 5.08. The van der Waals surface area contributed by atoms with E-state index in [1.54, 1.807) is 24.3 Å². The topological polar surface area (TPSA) is 53.5 Å². The van der Waals surface area contributed by atoms with E-state index in [4.69, 9.17) is 23.2 Å². The lowest BCUT2D eigenvalue weighted by Crippen LogP contribution is -2.19. The van der Waals surface area contributed by atoms with Crippen LogP contribution in [0.2, 0.25) is 5.02 Å². The average Bonchev–Trinajstić information content (AvgIpc) is 2.48. The number of carbonyl (C=O) groups is 1. The number of hydrogen-bond acceptors (Lipinski definition) is 3. The van der Waals surface area contributed by atoms with Gasteiger partial charge < -0.3 is 5.32 Å². The lowest BCUT2D eigenvalue weighted by atomic mass is 10.2. The molecule has 1 amide bonds. The standard InChI is InChI=1S/C15H13Cl2N3O/c1-10-6-8-11(9-7-10)19-20-14(17)15(21)18-13-5-3-2-4-12(13)16/h2-9,19H,1H3,(H,18,21). The summed E-state index contributed by atoms with van der Waals surface area (Å²) in [5.74, 6) is -0.538. The third-order valence-corrected chi connectivity index (χ3v) is 3.23. The van der Waals surface area contributed by atoms with Gasteiger partial charge in [0.1, 0.15) is 0 Å². The highest BCUT2D eigenvalue weighted by molar-refractivity contribution is 6.84. The van der Waals surface area contributed by atoms with E-state index >= 15 is 0 Å². The molecule has 0 saturated carbocycles. The zero-order valence-corrected chi connectivity index (χ0v) is 12.7. The van der Waals surface area contributed by atoms with Crippen molar-refractivity contribution in [3.05, 3.63) is 59.1 Å². The summed E-state index contributed by atoms with van der Waals surface area (Å²) in [4.78, 5) is 11.9. The Morgan fingerprint density at radius 3 is 2.43 bits per heavy atom. The summed E-state index contributed by atoms with van der Waals surface area (Å²) in [6.07, 6.45) is 0. The molecule has 0 saturated heterocycles. The van der Waals surface area contributed by atoms with Crippen molar-refractivity contribution in [3.8, 4) is 0 Å².